The van der Waals surface area contributed by atoms with Gasteiger partial charge in [0.2, 0.25) is 5.91 Å². The first-order valence-electron chi connectivity index (χ1n) is 7.06. The zero-order valence-corrected chi connectivity index (χ0v) is 12.6. The Kier molecular flexibility index (Phi) is 5.26. The molecule has 0 unspecified atom stereocenters. The molecule has 11 heteroatoms. The van der Waals surface area contributed by atoms with E-state index < -0.39 is 42.0 Å². The molecule has 1 aliphatic heterocycles. The van der Waals surface area contributed by atoms with Gasteiger partial charge >= 0.3 is 18.4 Å². The van der Waals surface area contributed by atoms with Crippen LogP contribution in [0.4, 0.5) is 31.1 Å². The number of amides is 3. The highest BCUT2D eigenvalue weighted by molar-refractivity contribution is 5.95. The van der Waals surface area contributed by atoms with E-state index in [1.54, 1.807) is 0 Å². The second-order valence-corrected chi connectivity index (χ2v) is 5.29. The average molecular weight is 369 g/mol. The zero-order valence-electron chi connectivity index (χ0n) is 12.6. The fraction of sp³-hybridized carbons (Fsp3) is 0.429. The summed E-state index contributed by atoms with van der Waals surface area (Å²) in [5.41, 5.74) is -3.31. The maximum Gasteiger partial charge on any atom is 0.416 e. The van der Waals surface area contributed by atoms with Crippen LogP contribution in [0.2, 0.25) is 0 Å². The van der Waals surface area contributed by atoms with E-state index in [9.17, 15) is 35.9 Å². The summed E-state index contributed by atoms with van der Waals surface area (Å²) in [7, 11) is 0. The van der Waals surface area contributed by atoms with Crippen molar-refractivity contribution in [2.24, 2.45) is 0 Å². The Balaban J connectivity index is 2.18. The number of hydrogen-bond donors (Lipinski definition) is 2. The van der Waals surface area contributed by atoms with Crippen LogP contribution in [-0.4, -0.2) is 36.5 Å². The smallest absolute Gasteiger partial charge is 0.334 e. The molecule has 3 amide bonds. The van der Waals surface area contributed by atoms with E-state index in [1.165, 1.54) is 0 Å². The molecule has 0 aliphatic carbocycles. The van der Waals surface area contributed by atoms with Gasteiger partial charge in [0.25, 0.3) is 0 Å². The Morgan fingerprint density at radius 1 is 1.08 bits per heavy atom. The summed E-state index contributed by atoms with van der Waals surface area (Å²) in [4.78, 5) is 24.2. The molecule has 1 fully saturated rings. The predicted octanol–water partition coefficient (Wildman–Crippen LogP) is 2.37. The third-order valence-electron chi connectivity index (χ3n) is 3.43. The fourth-order valence-corrected chi connectivity index (χ4v) is 2.22. The Bertz CT molecular complexity index is 639. The summed E-state index contributed by atoms with van der Waals surface area (Å²) in [5, 5.41) is 4.88. The summed E-state index contributed by atoms with van der Waals surface area (Å²) in [6.45, 7) is -0.250. The number of hydrogen-bond acceptors (Lipinski definition) is 3. The van der Waals surface area contributed by atoms with Crippen molar-refractivity contribution in [3.63, 3.8) is 0 Å². The molecule has 25 heavy (non-hydrogen) atoms. The van der Waals surface area contributed by atoms with Crippen molar-refractivity contribution in [2.45, 2.75) is 18.9 Å². The number of nitrogens with one attached hydrogen (secondary N) is 2. The van der Waals surface area contributed by atoms with E-state index in [0.717, 1.165) is 4.90 Å². The highest BCUT2D eigenvalue weighted by atomic mass is 19.4. The number of carbonyl (C=O) groups excluding carboxylic acids is 2. The van der Waals surface area contributed by atoms with Crippen LogP contribution in [0.5, 0.6) is 0 Å². The summed E-state index contributed by atoms with van der Waals surface area (Å²) >= 11 is 0. The molecule has 2 rings (SSSR count). The largest absolute Gasteiger partial charge is 0.416 e. The molecule has 0 saturated carbocycles. The third kappa shape index (κ3) is 4.84. The van der Waals surface area contributed by atoms with Crippen LogP contribution in [0, 0.1) is 0 Å². The van der Waals surface area contributed by atoms with Crippen LogP contribution in [0.3, 0.4) is 0 Å². The SMILES string of the molecule is O=C1CNCCN1C(=O)NCc1cc(C(F)(F)F)cc(C(F)(F)F)c1. The van der Waals surface area contributed by atoms with Gasteiger partial charge < -0.3 is 10.6 Å². The fourth-order valence-electron chi connectivity index (χ4n) is 2.22. The lowest BCUT2D eigenvalue weighted by Crippen LogP contribution is -2.53. The number of carbonyl (C=O) groups is 2. The average Bonchev–Trinajstić information content (AvgIpc) is 2.51. The molecule has 1 heterocycles. The van der Waals surface area contributed by atoms with Gasteiger partial charge in [-0.25, -0.2) is 4.79 Å². The summed E-state index contributed by atoms with van der Waals surface area (Å²) in [5.74, 6) is -0.538. The van der Waals surface area contributed by atoms with Crippen LogP contribution < -0.4 is 10.6 Å². The molecule has 1 aliphatic rings. The van der Waals surface area contributed by atoms with E-state index in [1.807, 2.05) is 0 Å². The van der Waals surface area contributed by atoms with Crippen molar-refractivity contribution in [3.05, 3.63) is 34.9 Å². The summed E-state index contributed by atoms with van der Waals surface area (Å²) in [6.07, 6.45) is -9.93. The van der Waals surface area contributed by atoms with Crippen LogP contribution in [0.25, 0.3) is 0 Å². The molecule has 2 N–H and O–H groups in total. The molecule has 0 atom stereocenters. The molecule has 1 aromatic carbocycles. The Morgan fingerprint density at radius 3 is 2.12 bits per heavy atom. The van der Waals surface area contributed by atoms with Crippen molar-refractivity contribution in [1.82, 2.24) is 15.5 Å². The van der Waals surface area contributed by atoms with E-state index in [4.69, 9.17) is 0 Å². The Morgan fingerprint density at radius 2 is 1.64 bits per heavy atom. The normalized spacial score (nSPS) is 16.1. The van der Waals surface area contributed by atoms with Crippen LogP contribution >= 0.6 is 0 Å². The number of imide groups is 1. The predicted molar refractivity (Wildman–Crippen MR) is 73.3 cm³/mol. The van der Waals surface area contributed by atoms with Gasteiger partial charge in [0.15, 0.2) is 0 Å². The number of piperazine rings is 1. The topological polar surface area (TPSA) is 61.4 Å². The molecular formula is C14H13F6N3O2. The second kappa shape index (κ2) is 6.90. The van der Waals surface area contributed by atoms with Crippen molar-refractivity contribution in [2.75, 3.05) is 19.6 Å². The van der Waals surface area contributed by atoms with E-state index in [-0.39, 0.29) is 24.7 Å². The minimum absolute atomic E-state index is 0.00511. The van der Waals surface area contributed by atoms with Crippen LogP contribution in [0.1, 0.15) is 16.7 Å². The van der Waals surface area contributed by atoms with Gasteiger partial charge in [-0.3, -0.25) is 9.69 Å². The second-order valence-electron chi connectivity index (χ2n) is 5.29. The van der Waals surface area contributed by atoms with Crippen molar-refractivity contribution >= 4 is 11.9 Å². The molecule has 138 valence electrons. The lowest BCUT2D eigenvalue weighted by molar-refractivity contribution is -0.143. The van der Waals surface area contributed by atoms with Crippen molar-refractivity contribution < 1.29 is 35.9 Å². The lowest BCUT2D eigenvalue weighted by atomic mass is 10.0. The molecule has 0 aromatic heterocycles. The minimum atomic E-state index is -4.96. The van der Waals surface area contributed by atoms with Crippen LogP contribution in [-0.2, 0) is 23.7 Å². The number of rotatable bonds is 2. The molecular weight excluding hydrogens is 356 g/mol. The molecule has 0 bridgehead atoms. The van der Waals surface area contributed by atoms with Crippen molar-refractivity contribution in [3.8, 4) is 0 Å². The van der Waals surface area contributed by atoms with Crippen LogP contribution in [0.15, 0.2) is 18.2 Å². The number of nitrogens with zero attached hydrogens (tertiary/aromatic N) is 1. The van der Waals surface area contributed by atoms with Gasteiger partial charge in [0, 0.05) is 19.6 Å². The van der Waals surface area contributed by atoms with E-state index in [0.29, 0.717) is 18.7 Å². The highest BCUT2D eigenvalue weighted by Crippen LogP contribution is 2.36. The molecule has 0 radical (unpaired) electrons. The number of benzene rings is 1. The van der Waals surface area contributed by atoms with Gasteiger partial charge in [-0.2, -0.15) is 26.3 Å². The maximum absolute atomic E-state index is 12.8. The standard InChI is InChI=1S/C14H13F6N3O2/c15-13(16,17)9-3-8(4-10(5-9)14(18,19)20)6-22-12(25)23-2-1-21-7-11(23)24/h3-5,21H,1-2,6-7H2,(H,22,25). The van der Waals surface area contributed by atoms with Gasteiger partial charge in [-0.05, 0) is 23.8 Å². The van der Waals surface area contributed by atoms with Crippen molar-refractivity contribution in [1.29, 1.82) is 0 Å². The first-order chi connectivity index (χ1) is 11.5. The summed E-state index contributed by atoms with van der Waals surface area (Å²) in [6, 6.07) is 0.174. The quantitative estimate of drug-likeness (QED) is 0.787. The summed E-state index contributed by atoms with van der Waals surface area (Å²) < 4.78 is 76.6. The first kappa shape index (κ1) is 19.0. The van der Waals surface area contributed by atoms with E-state index in [2.05, 4.69) is 10.6 Å². The van der Waals surface area contributed by atoms with Gasteiger partial charge in [-0.1, -0.05) is 0 Å². The molecule has 5 nitrogen and oxygen atoms in total. The molecule has 1 saturated heterocycles. The number of urea groups is 1. The maximum atomic E-state index is 12.8. The Labute approximate surface area is 138 Å². The highest BCUT2D eigenvalue weighted by Gasteiger charge is 2.37. The Hall–Kier alpha value is -2.30. The van der Waals surface area contributed by atoms with Gasteiger partial charge in [0.05, 0.1) is 17.7 Å². The monoisotopic (exact) mass is 369 g/mol. The minimum Gasteiger partial charge on any atom is -0.334 e. The molecule has 1 aromatic rings. The third-order valence-corrected chi connectivity index (χ3v) is 3.43. The molecule has 0 spiro atoms. The lowest BCUT2D eigenvalue weighted by Gasteiger charge is -2.25. The zero-order chi connectivity index (χ0) is 18.8. The first-order valence-corrected chi connectivity index (χ1v) is 7.06. The number of halogens is 6. The van der Waals surface area contributed by atoms with E-state index >= 15 is 0 Å². The van der Waals surface area contributed by atoms with Gasteiger partial charge in [-0.15, -0.1) is 0 Å². The number of alkyl halides is 6. The van der Waals surface area contributed by atoms with Gasteiger partial charge in [0.1, 0.15) is 0 Å².